The van der Waals surface area contributed by atoms with Crippen LogP contribution in [-0.4, -0.2) is 37.0 Å². The molecule has 0 spiro atoms. The van der Waals surface area contributed by atoms with Crippen LogP contribution in [0.2, 0.25) is 0 Å². The highest BCUT2D eigenvalue weighted by Gasteiger charge is 2.01. The molecule has 0 aliphatic carbocycles. The van der Waals surface area contributed by atoms with Gasteiger partial charge in [-0.25, -0.2) is 0 Å². The zero-order valence-corrected chi connectivity index (χ0v) is 9.24. The minimum absolute atomic E-state index is 1.44. The summed E-state index contributed by atoms with van der Waals surface area (Å²) < 4.78 is 11.6. The van der Waals surface area contributed by atoms with Gasteiger partial charge in [-0.2, -0.15) is 0 Å². The van der Waals surface area contributed by atoms with E-state index in [1.54, 1.807) is 0 Å². The maximum atomic E-state index is 5.60. The van der Waals surface area contributed by atoms with E-state index >= 15 is 0 Å². The zero-order valence-electron chi connectivity index (χ0n) is 3.98. The molecule has 0 atom stereocenters. The van der Waals surface area contributed by atoms with Crippen molar-refractivity contribution in [2.45, 2.75) is 0 Å². The fraction of sp³-hybridized carbons (Fsp3) is 0. The highest BCUT2D eigenvalue weighted by molar-refractivity contribution is 7.11. The van der Waals surface area contributed by atoms with Crippen LogP contribution in [0.5, 0.6) is 0 Å². The van der Waals surface area contributed by atoms with Crippen molar-refractivity contribution in [3.05, 3.63) is 0 Å². The Balaban J connectivity index is 3.17. The summed E-state index contributed by atoms with van der Waals surface area (Å²) in [5.74, 6) is 0. The summed E-state index contributed by atoms with van der Waals surface area (Å²) in [6.45, 7) is 0. The van der Waals surface area contributed by atoms with Crippen LogP contribution in [0, 0.1) is 0 Å². The monoisotopic (exact) mass is 231 g/mol. The second kappa shape index (κ2) is 3.35. The Morgan fingerprint density at radius 1 is 0.667 bits per heavy atom. The molecule has 9 heteroatoms. The molecular weight excluding hydrogens is 233 g/mol. The molecule has 0 aromatic carbocycles. The standard InChI is InChI=1S/Cl3N3Si3/c1-7-4-8(2)6-9(3)5-7. The van der Waals surface area contributed by atoms with E-state index in [-0.39, 0.29) is 0 Å². The zero-order chi connectivity index (χ0) is 6.85. The quantitative estimate of drug-likeness (QED) is 0.465. The molecule has 3 nitrogen and oxygen atoms in total. The average Bonchev–Trinajstić information content (AvgIpc) is 1.59. The van der Waals surface area contributed by atoms with Crippen molar-refractivity contribution in [3.8, 4) is 0 Å². The molecule has 0 amide bonds. The molecule has 0 saturated heterocycles. The molecule has 0 fully saturated rings. The van der Waals surface area contributed by atoms with Crippen molar-refractivity contribution in [3.63, 3.8) is 0 Å². The maximum absolute atomic E-state index is 5.60. The van der Waals surface area contributed by atoms with Gasteiger partial charge in [0.15, 0.2) is 0 Å². The third-order valence-electron chi connectivity index (χ3n) is 0.554. The lowest BCUT2D eigenvalue weighted by Crippen LogP contribution is -2.17. The lowest BCUT2D eigenvalue weighted by Gasteiger charge is -1.87. The van der Waals surface area contributed by atoms with Crippen LogP contribution < -0.4 is 0 Å². The number of hydrogen-bond acceptors (Lipinski definition) is 3. The first-order chi connectivity index (χ1) is 4.18. The highest BCUT2D eigenvalue weighted by Crippen LogP contribution is 1.80. The minimum Gasteiger partial charge on any atom is -0.280 e. The predicted octanol–water partition coefficient (Wildman–Crippen LogP) is -0.0456. The Kier molecular flexibility index (Phi) is 2.99. The molecule has 0 radical (unpaired) electrons. The van der Waals surface area contributed by atoms with Gasteiger partial charge < -0.3 is 0 Å². The first kappa shape index (κ1) is 8.02. The Bertz CT molecular complexity index is 175. The summed E-state index contributed by atoms with van der Waals surface area (Å²) >= 11 is 16.8. The predicted molar refractivity (Wildman–Crippen MR) is 41.4 cm³/mol. The molecule has 0 bridgehead atoms. The van der Waals surface area contributed by atoms with Crippen molar-refractivity contribution in [1.29, 1.82) is 0 Å². The normalized spacial score (nSPS) is 9.67. The van der Waals surface area contributed by atoms with E-state index < -0.39 is 24.1 Å². The molecule has 1 aromatic rings. The van der Waals surface area contributed by atoms with Gasteiger partial charge in [0, 0.05) is 0 Å². The van der Waals surface area contributed by atoms with Crippen molar-refractivity contribution in [1.82, 2.24) is 12.9 Å². The highest BCUT2D eigenvalue weighted by atomic mass is 35.6. The van der Waals surface area contributed by atoms with E-state index in [0.717, 1.165) is 0 Å². The fourth-order valence-corrected chi connectivity index (χ4v) is 9.57. The third kappa shape index (κ3) is 2.56. The van der Waals surface area contributed by atoms with E-state index in [1.807, 2.05) is 0 Å². The fourth-order valence-electron chi connectivity index (χ4n) is 0.303. The average molecular weight is 233 g/mol. The number of hydrogen-bond donors (Lipinski definition) is 0. The Morgan fingerprint density at radius 3 is 1.11 bits per heavy atom. The smallest absolute Gasteiger partial charge is 0.280 e. The summed E-state index contributed by atoms with van der Waals surface area (Å²) in [6, 6.07) is 0. The van der Waals surface area contributed by atoms with Crippen LogP contribution in [-0.2, 0) is 0 Å². The van der Waals surface area contributed by atoms with E-state index in [1.165, 1.54) is 0 Å². The number of halogens is 3. The largest absolute Gasteiger partial charge is 0.368 e. The molecule has 48 valence electrons. The molecule has 1 aromatic heterocycles. The van der Waals surface area contributed by atoms with Gasteiger partial charge in [-0.3, -0.25) is 12.9 Å². The summed E-state index contributed by atoms with van der Waals surface area (Å²) in [7, 11) is -4.31. The van der Waals surface area contributed by atoms with Gasteiger partial charge in [0.1, 0.15) is 0 Å². The van der Waals surface area contributed by atoms with Crippen LogP contribution >= 0.6 is 33.2 Å². The molecular formula is Cl3N3Si3. The van der Waals surface area contributed by atoms with Crippen LogP contribution in [0.3, 0.4) is 0 Å². The summed E-state index contributed by atoms with van der Waals surface area (Å²) in [5, 5.41) is 0. The maximum Gasteiger partial charge on any atom is 0.368 e. The first-order valence-corrected chi connectivity index (χ1v) is 9.13. The molecule has 0 aliphatic heterocycles. The number of rotatable bonds is 0. The Morgan fingerprint density at radius 2 is 0.889 bits per heavy atom. The van der Waals surface area contributed by atoms with Gasteiger partial charge in [0.25, 0.3) is 0 Å². The van der Waals surface area contributed by atoms with Crippen LogP contribution in [0.15, 0.2) is 0 Å². The van der Waals surface area contributed by atoms with E-state index in [2.05, 4.69) is 12.9 Å². The van der Waals surface area contributed by atoms with Crippen molar-refractivity contribution in [2.75, 3.05) is 0 Å². The van der Waals surface area contributed by atoms with Gasteiger partial charge in [0.05, 0.1) is 0 Å². The van der Waals surface area contributed by atoms with E-state index in [4.69, 9.17) is 33.2 Å². The number of aromatic nitrogens is 3. The van der Waals surface area contributed by atoms with Gasteiger partial charge in [-0.1, -0.05) is 33.2 Å². The molecule has 0 saturated carbocycles. The van der Waals surface area contributed by atoms with Crippen molar-refractivity contribution >= 4 is 57.4 Å². The van der Waals surface area contributed by atoms with Crippen LogP contribution in [0.25, 0.3) is 0 Å². The van der Waals surface area contributed by atoms with Gasteiger partial charge in [-0.05, 0) is 0 Å². The molecule has 0 N–H and O–H groups in total. The third-order valence-corrected chi connectivity index (χ3v) is 9.55. The lowest BCUT2D eigenvalue weighted by atomic mass is 13.8. The van der Waals surface area contributed by atoms with E-state index in [0.29, 0.717) is 0 Å². The minimum atomic E-state index is -1.44. The van der Waals surface area contributed by atoms with Crippen molar-refractivity contribution in [2.24, 2.45) is 0 Å². The Hall–Kier alpha value is 0.921. The Labute approximate surface area is 70.2 Å². The molecule has 1 heterocycles. The molecule has 0 unspecified atom stereocenters. The molecule has 1 rings (SSSR count). The van der Waals surface area contributed by atoms with Crippen molar-refractivity contribution < 1.29 is 0 Å². The van der Waals surface area contributed by atoms with Gasteiger partial charge in [0.2, 0.25) is 0 Å². The van der Waals surface area contributed by atoms with Crippen LogP contribution in [0.4, 0.5) is 0 Å². The molecule has 9 heavy (non-hydrogen) atoms. The van der Waals surface area contributed by atoms with Crippen LogP contribution in [0.1, 0.15) is 0 Å². The second-order valence-electron chi connectivity index (χ2n) is 1.14. The SMILES string of the molecule is Cl[si]1n[si](Cl)n[si](Cl)n1. The molecule has 0 aliphatic rings. The van der Waals surface area contributed by atoms with Gasteiger partial charge >= 0.3 is 24.1 Å². The topological polar surface area (TPSA) is 38.7 Å². The van der Waals surface area contributed by atoms with E-state index in [9.17, 15) is 0 Å². The number of nitrogens with zero attached hydrogens (tertiary/aromatic N) is 3. The van der Waals surface area contributed by atoms with Gasteiger partial charge in [-0.15, -0.1) is 0 Å². The summed E-state index contributed by atoms with van der Waals surface area (Å²) in [4.78, 5) is 0. The summed E-state index contributed by atoms with van der Waals surface area (Å²) in [5.41, 5.74) is 0. The lowest BCUT2D eigenvalue weighted by molar-refractivity contribution is 1.54. The second-order valence-corrected chi connectivity index (χ2v) is 8.48. The first-order valence-electron chi connectivity index (χ1n) is 1.91. The summed E-state index contributed by atoms with van der Waals surface area (Å²) in [6.07, 6.45) is 0.